The Bertz CT molecular complexity index is 933. The Labute approximate surface area is 176 Å². The number of nitrogens with one attached hydrogen (secondary N) is 3. The van der Waals surface area contributed by atoms with Crippen LogP contribution < -0.4 is 20.9 Å². The van der Waals surface area contributed by atoms with Crippen LogP contribution in [0.15, 0.2) is 84.9 Å². The highest BCUT2D eigenvalue weighted by molar-refractivity contribution is 7.80. The largest absolute Gasteiger partial charge is 0.483 e. The minimum Gasteiger partial charge on any atom is -0.483 e. The molecule has 0 atom stereocenters. The number of carbonyl (C=O) groups excluding carboxylic acids is 1. The minimum atomic E-state index is -0.316. The lowest BCUT2D eigenvalue weighted by Gasteiger charge is -2.13. The number of hydrogen-bond acceptors (Lipinski definition) is 3. The molecule has 5 nitrogen and oxygen atoms in total. The monoisotopic (exact) mass is 405 g/mol. The first-order valence-corrected chi connectivity index (χ1v) is 9.73. The van der Waals surface area contributed by atoms with Crippen molar-refractivity contribution in [3.8, 4) is 5.75 Å². The highest BCUT2D eigenvalue weighted by atomic mass is 32.1. The maximum absolute atomic E-state index is 12.1. The fraction of sp³-hybridized carbons (Fsp3) is 0.130. The molecule has 3 aromatic rings. The fourth-order valence-corrected chi connectivity index (χ4v) is 2.86. The Morgan fingerprint density at radius 2 is 1.41 bits per heavy atom. The minimum absolute atomic E-state index is 0.111. The van der Waals surface area contributed by atoms with Crippen molar-refractivity contribution in [2.45, 2.75) is 13.0 Å². The van der Waals surface area contributed by atoms with Gasteiger partial charge in [0.1, 0.15) is 5.75 Å². The maximum Gasteiger partial charge on any atom is 0.276 e. The molecule has 0 aliphatic rings. The molecule has 0 aromatic heterocycles. The number of carbonyl (C=O) groups is 1. The Morgan fingerprint density at radius 3 is 2.14 bits per heavy atom. The molecule has 0 saturated carbocycles. The Kier molecular flexibility index (Phi) is 7.60. The molecule has 0 bridgehead atoms. The normalized spacial score (nSPS) is 10.1. The highest BCUT2D eigenvalue weighted by Gasteiger charge is 2.08. The van der Waals surface area contributed by atoms with Gasteiger partial charge in [0.15, 0.2) is 11.7 Å². The fourth-order valence-electron chi connectivity index (χ4n) is 2.73. The van der Waals surface area contributed by atoms with Gasteiger partial charge in [0.05, 0.1) is 0 Å². The molecule has 0 saturated heterocycles. The van der Waals surface area contributed by atoms with Crippen LogP contribution in [0.5, 0.6) is 5.75 Å². The summed E-state index contributed by atoms with van der Waals surface area (Å²) in [5.41, 5.74) is 8.54. The molecule has 1 amide bonds. The number of thiocarbonyl (C=S) groups is 1. The van der Waals surface area contributed by atoms with E-state index in [0.717, 1.165) is 17.5 Å². The third kappa shape index (κ3) is 6.93. The lowest BCUT2D eigenvalue weighted by Crippen LogP contribution is -2.48. The smallest absolute Gasteiger partial charge is 0.276 e. The van der Waals surface area contributed by atoms with Gasteiger partial charge < -0.3 is 10.1 Å². The Morgan fingerprint density at radius 1 is 0.793 bits per heavy atom. The number of hydrazine groups is 1. The van der Waals surface area contributed by atoms with E-state index in [1.54, 1.807) is 0 Å². The molecule has 29 heavy (non-hydrogen) atoms. The molecule has 0 fully saturated rings. The number of ether oxygens (including phenoxy) is 1. The summed E-state index contributed by atoms with van der Waals surface area (Å²) in [6, 6.07) is 27.7. The van der Waals surface area contributed by atoms with Crippen molar-refractivity contribution in [3.63, 3.8) is 0 Å². The summed E-state index contributed by atoms with van der Waals surface area (Å²) in [6.45, 7) is 0.464. The second-order valence-electron chi connectivity index (χ2n) is 6.40. The Hall–Kier alpha value is -3.38. The van der Waals surface area contributed by atoms with Gasteiger partial charge in [0.2, 0.25) is 0 Å². The van der Waals surface area contributed by atoms with Gasteiger partial charge in [-0.1, -0.05) is 78.9 Å². The van der Waals surface area contributed by atoms with Crippen molar-refractivity contribution < 1.29 is 9.53 Å². The molecule has 0 aliphatic carbocycles. The molecule has 3 rings (SSSR count). The van der Waals surface area contributed by atoms with E-state index in [2.05, 4.69) is 28.3 Å². The van der Waals surface area contributed by atoms with Crippen LogP contribution in [0.3, 0.4) is 0 Å². The maximum atomic E-state index is 12.1. The van der Waals surface area contributed by atoms with Crippen LogP contribution in [0, 0.1) is 0 Å². The lowest BCUT2D eigenvalue weighted by molar-refractivity contribution is -0.123. The summed E-state index contributed by atoms with van der Waals surface area (Å²) in [5, 5.41) is 3.37. The summed E-state index contributed by atoms with van der Waals surface area (Å²) >= 11 is 5.17. The van der Waals surface area contributed by atoms with E-state index in [9.17, 15) is 4.79 Å². The van der Waals surface area contributed by atoms with E-state index in [1.807, 2.05) is 72.8 Å². The zero-order valence-electron chi connectivity index (χ0n) is 15.9. The molecule has 3 N–H and O–H groups in total. The van der Waals surface area contributed by atoms with Crippen molar-refractivity contribution >= 4 is 23.2 Å². The van der Waals surface area contributed by atoms with E-state index in [4.69, 9.17) is 17.0 Å². The van der Waals surface area contributed by atoms with E-state index < -0.39 is 0 Å². The van der Waals surface area contributed by atoms with Gasteiger partial charge in [0.25, 0.3) is 5.91 Å². The molecule has 148 valence electrons. The van der Waals surface area contributed by atoms with Crippen molar-refractivity contribution in [3.05, 3.63) is 102 Å². The second kappa shape index (κ2) is 10.8. The number of benzene rings is 3. The zero-order chi connectivity index (χ0) is 20.3. The topological polar surface area (TPSA) is 62.4 Å². The number of para-hydroxylation sites is 1. The number of hydrogen-bond donors (Lipinski definition) is 3. The summed E-state index contributed by atoms with van der Waals surface area (Å²) < 4.78 is 5.72. The van der Waals surface area contributed by atoms with Crippen molar-refractivity contribution in [2.24, 2.45) is 0 Å². The number of rotatable bonds is 7. The van der Waals surface area contributed by atoms with Gasteiger partial charge in [0, 0.05) is 13.0 Å². The Balaban J connectivity index is 1.43. The van der Waals surface area contributed by atoms with Gasteiger partial charge in [-0.25, -0.2) is 0 Å². The van der Waals surface area contributed by atoms with Crippen LogP contribution in [0.1, 0.15) is 16.7 Å². The SMILES string of the molecule is O=C(COc1ccccc1Cc1ccccc1)NNC(=S)NCc1ccccc1. The van der Waals surface area contributed by atoms with Crippen molar-refractivity contribution in [1.82, 2.24) is 16.2 Å². The van der Waals surface area contributed by atoms with Gasteiger partial charge in [-0.15, -0.1) is 0 Å². The molecule has 0 unspecified atom stereocenters. The first kappa shape index (κ1) is 20.4. The lowest BCUT2D eigenvalue weighted by atomic mass is 10.0. The quantitative estimate of drug-likeness (QED) is 0.416. The van der Waals surface area contributed by atoms with Crippen LogP contribution in [0.4, 0.5) is 0 Å². The molecular formula is C23H23N3O2S. The van der Waals surface area contributed by atoms with Crippen molar-refractivity contribution in [2.75, 3.05) is 6.61 Å². The van der Waals surface area contributed by atoms with Crippen LogP contribution in [-0.4, -0.2) is 17.6 Å². The van der Waals surface area contributed by atoms with Crippen LogP contribution in [0.2, 0.25) is 0 Å². The van der Waals surface area contributed by atoms with Crippen LogP contribution in [0.25, 0.3) is 0 Å². The van der Waals surface area contributed by atoms with Gasteiger partial charge >= 0.3 is 0 Å². The molecule has 3 aromatic carbocycles. The second-order valence-corrected chi connectivity index (χ2v) is 6.81. The van der Waals surface area contributed by atoms with Gasteiger partial charge in [-0.2, -0.15) is 0 Å². The molecule has 6 heteroatoms. The standard InChI is InChI=1S/C23H23N3O2S/c27-22(25-26-23(29)24-16-19-11-5-2-6-12-19)17-28-21-14-8-7-13-20(21)15-18-9-3-1-4-10-18/h1-14H,15-17H2,(H,25,27)(H2,24,26,29). The van der Waals surface area contributed by atoms with E-state index >= 15 is 0 Å². The predicted molar refractivity (Wildman–Crippen MR) is 118 cm³/mol. The van der Waals surface area contributed by atoms with Crippen molar-refractivity contribution in [1.29, 1.82) is 0 Å². The van der Waals surface area contributed by atoms with Gasteiger partial charge in [-0.05, 0) is 35.0 Å². The van der Waals surface area contributed by atoms with E-state index in [0.29, 0.717) is 17.4 Å². The first-order chi connectivity index (χ1) is 14.2. The molecule has 0 radical (unpaired) electrons. The molecule has 0 spiro atoms. The van der Waals surface area contributed by atoms with Gasteiger partial charge in [-0.3, -0.25) is 15.6 Å². The molecule has 0 aliphatic heterocycles. The first-order valence-electron chi connectivity index (χ1n) is 9.32. The van der Waals surface area contributed by atoms with E-state index in [1.165, 1.54) is 5.56 Å². The molecule has 0 heterocycles. The summed E-state index contributed by atoms with van der Waals surface area (Å²) in [6.07, 6.45) is 0.740. The zero-order valence-corrected chi connectivity index (χ0v) is 16.7. The summed E-state index contributed by atoms with van der Waals surface area (Å²) in [4.78, 5) is 12.1. The van der Waals surface area contributed by atoms with E-state index in [-0.39, 0.29) is 12.5 Å². The molecular weight excluding hydrogens is 382 g/mol. The van der Waals surface area contributed by atoms with Crippen LogP contribution in [-0.2, 0) is 17.8 Å². The van der Waals surface area contributed by atoms with Crippen LogP contribution >= 0.6 is 12.2 Å². The third-order valence-corrected chi connectivity index (χ3v) is 4.43. The summed E-state index contributed by atoms with van der Waals surface area (Å²) in [5.74, 6) is 0.375. The predicted octanol–water partition coefficient (Wildman–Crippen LogP) is 3.35. The highest BCUT2D eigenvalue weighted by Crippen LogP contribution is 2.21. The third-order valence-electron chi connectivity index (χ3n) is 4.18. The average Bonchev–Trinajstić information content (AvgIpc) is 2.77. The summed E-state index contributed by atoms with van der Waals surface area (Å²) in [7, 11) is 0. The average molecular weight is 406 g/mol. The number of amides is 1.